The minimum atomic E-state index is 0.00501. The summed E-state index contributed by atoms with van der Waals surface area (Å²) in [5.74, 6) is 0.593. The summed E-state index contributed by atoms with van der Waals surface area (Å²) >= 11 is 6.11. The molecular formula is C14H18N2OS2. The van der Waals surface area contributed by atoms with Gasteiger partial charge in [0.2, 0.25) is 5.12 Å². The number of nitrogens with zero attached hydrogens (tertiary/aromatic N) is 1. The molecule has 2 rings (SSSR count). The number of carbonyl (C=O) groups is 1. The second-order valence-corrected chi connectivity index (χ2v) is 6.86. The van der Waals surface area contributed by atoms with Crippen LogP contribution in [0, 0.1) is 5.92 Å². The molecule has 0 spiro atoms. The summed E-state index contributed by atoms with van der Waals surface area (Å²) in [6, 6.07) is 0. The highest BCUT2D eigenvalue weighted by molar-refractivity contribution is 8.33. The van der Waals surface area contributed by atoms with Gasteiger partial charge in [0.25, 0.3) is 0 Å². The third kappa shape index (κ3) is 3.09. The van der Waals surface area contributed by atoms with Crippen molar-refractivity contribution in [3.8, 4) is 0 Å². The third-order valence-electron chi connectivity index (χ3n) is 3.03. The van der Waals surface area contributed by atoms with Crippen LogP contribution < -0.4 is 5.32 Å². The van der Waals surface area contributed by atoms with Crippen LogP contribution in [0.4, 0.5) is 0 Å². The summed E-state index contributed by atoms with van der Waals surface area (Å²) in [5, 5.41) is 2.99. The van der Waals surface area contributed by atoms with Gasteiger partial charge >= 0.3 is 0 Å². The SMILES string of the molecule is CC1=CC(=C2NC(=S)SC2=O)C=C(C)N1CC(C)C. The van der Waals surface area contributed by atoms with E-state index in [0.29, 0.717) is 15.9 Å². The molecule has 5 heteroatoms. The maximum atomic E-state index is 11.8. The summed E-state index contributed by atoms with van der Waals surface area (Å²) in [7, 11) is 0. The monoisotopic (exact) mass is 294 g/mol. The minimum Gasteiger partial charge on any atom is -0.349 e. The number of hydrogen-bond donors (Lipinski definition) is 1. The van der Waals surface area contributed by atoms with E-state index in [1.807, 2.05) is 12.2 Å². The fourth-order valence-electron chi connectivity index (χ4n) is 2.23. The highest BCUT2D eigenvalue weighted by Crippen LogP contribution is 2.29. The predicted molar refractivity (Wildman–Crippen MR) is 84.4 cm³/mol. The lowest BCUT2D eigenvalue weighted by molar-refractivity contribution is -0.107. The Morgan fingerprint density at radius 2 is 1.89 bits per heavy atom. The molecule has 1 saturated heterocycles. The van der Waals surface area contributed by atoms with E-state index in [0.717, 1.165) is 35.3 Å². The van der Waals surface area contributed by atoms with E-state index in [1.165, 1.54) is 0 Å². The largest absolute Gasteiger partial charge is 0.349 e. The van der Waals surface area contributed by atoms with Gasteiger partial charge in [-0.25, -0.2) is 0 Å². The molecule has 0 aromatic carbocycles. The molecule has 0 aromatic heterocycles. The molecule has 0 unspecified atom stereocenters. The standard InChI is InChI=1S/C14H18N2OS2/c1-8(2)7-16-9(3)5-11(6-10(16)4)12-13(17)19-14(18)15-12/h5-6,8H,7H2,1-4H3,(H,15,18). The normalized spacial score (nSPS) is 19.9. The lowest BCUT2D eigenvalue weighted by Crippen LogP contribution is -2.27. The zero-order valence-corrected chi connectivity index (χ0v) is 13.2. The van der Waals surface area contributed by atoms with Gasteiger partial charge in [0.05, 0.1) is 0 Å². The molecule has 0 amide bonds. The van der Waals surface area contributed by atoms with Crippen molar-refractivity contribution in [2.24, 2.45) is 5.92 Å². The lowest BCUT2D eigenvalue weighted by atomic mass is 10.0. The minimum absolute atomic E-state index is 0.00501. The zero-order valence-electron chi connectivity index (χ0n) is 11.6. The van der Waals surface area contributed by atoms with Crippen LogP contribution in [0.1, 0.15) is 27.7 Å². The zero-order chi connectivity index (χ0) is 14.2. The topological polar surface area (TPSA) is 32.3 Å². The van der Waals surface area contributed by atoms with Gasteiger partial charge in [-0.15, -0.1) is 0 Å². The quantitative estimate of drug-likeness (QED) is 0.625. The second-order valence-electron chi connectivity index (χ2n) is 5.21. The van der Waals surface area contributed by atoms with Crippen LogP contribution >= 0.6 is 24.0 Å². The fraction of sp³-hybridized carbons (Fsp3) is 0.429. The Bertz CT molecular complexity index is 508. The summed E-state index contributed by atoms with van der Waals surface area (Å²) in [4.78, 5) is 14.1. The van der Waals surface area contributed by atoms with E-state index in [9.17, 15) is 4.79 Å². The highest BCUT2D eigenvalue weighted by atomic mass is 32.2. The van der Waals surface area contributed by atoms with Gasteiger partial charge in [-0.2, -0.15) is 0 Å². The Kier molecular flexibility index (Phi) is 4.16. The number of hydrogen-bond acceptors (Lipinski definition) is 4. The van der Waals surface area contributed by atoms with E-state index in [4.69, 9.17) is 12.2 Å². The van der Waals surface area contributed by atoms with Crippen molar-refractivity contribution >= 4 is 33.4 Å². The number of thiocarbonyl (C=S) groups is 1. The highest BCUT2D eigenvalue weighted by Gasteiger charge is 2.26. The van der Waals surface area contributed by atoms with Crippen molar-refractivity contribution in [1.82, 2.24) is 10.2 Å². The molecule has 1 N–H and O–H groups in total. The van der Waals surface area contributed by atoms with Gasteiger partial charge in [0, 0.05) is 23.5 Å². The predicted octanol–water partition coefficient (Wildman–Crippen LogP) is 3.17. The number of carbonyl (C=O) groups excluding carboxylic acids is 1. The number of rotatable bonds is 2. The summed E-state index contributed by atoms with van der Waals surface area (Å²) < 4.78 is 0.536. The molecule has 0 aliphatic carbocycles. The van der Waals surface area contributed by atoms with E-state index in [-0.39, 0.29) is 5.12 Å². The maximum Gasteiger partial charge on any atom is 0.243 e. The van der Waals surface area contributed by atoms with Crippen LogP contribution in [0.3, 0.4) is 0 Å². The molecule has 0 atom stereocenters. The van der Waals surface area contributed by atoms with Crippen LogP contribution in [-0.4, -0.2) is 20.9 Å². The molecule has 0 saturated carbocycles. The molecular weight excluding hydrogens is 276 g/mol. The first kappa shape index (κ1) is 14.3. The van der Waals surface area contributed by atoms with Crippen LogP contribution in [-0.2, 0) is 4.79 Å². The van der Waals surface area contributed by atoms with Gasteiger partial charge in [-0.05, 0) is 43.7 Å². The maximum absolute atomic E-state index is 11.8. The van der Waals surface area contributed by atoms with Crippen LogP contribution in [0.2, 0.25) is 0 Å². The van der Waals surface area contributed by atoms with Crippen molar-refractivity contribution in [2.45, 2.75) is 27.7 Å². The van der Waals surface area contributed by atoms with E-state index in [2.05, 4.69) is 37.9 Å². The molecule has 0 aromatic rings. The average Bonchev–Trinajstić information content (AvgIpc) is 2.62. The van der Waals surface area contributed by atoms with Crippen molar-refractivity contribution in [3.05, 3.63) is 34.8 Å². The van der Waals surface area contributed by atoms with Crippen molar-refractivity contribution in [3.63, 3.8) is 0 Å². The fourth-order valence-corrected chi connectivity index (χ4v) is 3.15. The number of thioether (sulfide) groups is 1. The molecule has 2 aliphatic rings. The molecule has 19 heavy (non-hydrogen) atoms. The Balaban J connectivity index is 2.33. The molecule has 0 bridgehead atoms. The van der Waals surface area contributed by atoms with Gasteiger partial charge in [0.15, 0.2) is 0 Å². The average molecular weight is 294 g/mol. The smallest absolute Gasteiger partial charge is 0.243 e. The number of allylic oxidation sites excluding steroid dienone is 5. The Hall–Kier alpha value is -1.07. The second kappa shape index (κ2) is 5.51. The lowest BCUT2D eigenvalue weighted by Gasteiger charge is -2.31. The van der Waals surface area contributed by atoms with Gasteiger partial charge < -0.3 is 10.2 Å². The Labute approximate surface area is 123 Å². The summed E-state index contributed by atoms with van der Waals surface area (Å²) in [6.45, 7) is 9.54. The molecule has 2 aliphatic heterocycles. The van der Waals surface area contributed by atoms with Gasteiger partial charge in [-0.3, -0.25) is 4.79 Å². The van der Waals surface area contributed by atoms with Gasteiger partial charge in [0.1, 0.15) is 10.0 Å². The Morgan fingerprint density at radius 1 is 1.32 bits per heavy atom. The number of nitrogens with one attached hydrogen (secondary N) is 1. The Morgan fingerprint density at radius 3 is 2.32 bits per heavy atom. The summed E-state index contributed by atoms with van der Waals surface area (Å²) in [6.07, 6.45) is 4.09. The van der Waals surface area contributed by atoms with Crippen LogP contribution in [0.15, 0.2) is 34.8 Å². The van der Waals surface area contributed by atoms with E-state index in [1.54, 1.807) is 0 Å². The first-order valence-electron chi connectivity index (χ1n) is 6.30. The molecule has 102 valence electrons. The summed E-state index contributed by atoms with van der Waals surface area (Å²) in [5.41, 5.74) is 3.85. The van der Waals surface area contributed by atoms with Crippen molar-refractivity contribution < 1.29 is 4.79 Å². The molecule has 3 nitrogen and oxygen atoms in total. The molecule has 0 radical (unpaired) electrons. The van der Waals surface area contributed by atoms with Crippen LogP contribution in [0.25, 0.3) is 0 Å². The molecule has 2 heterocycles. The van der Waals surface area contributed by atoms with E-state index >= 15 is 0 Å². The van der Waals surface area contributed by atoms with Gasteiger partial charge in [-0.1, -0.05) is 26.1 Å². The first-order chi connectivity index (χ1) is 8.88. The third-order valence-corrected chi connectivity index (χ3v) is 4.06. The van der Waals surface area contributed by atoms with Crippen LogP contribution in [0.5, 0.6) is 0 Å². The van der Waals surface area contributed by atoms with Crippen molar-refractivity contribution in [2.75, 3.05) is 6.54 Å². The van der Waals surface area contributed by atoms with E-state index < -0.39 is 0 Å². The molecule has 1 fully saturated rings. The first-order valence-corrected chi connectivity index (χ1v) is 7.52. The van der Waals surface area contributed by atoms with Crippen molar-refractivity contribution in [1.29, 1.82) is 0 Å².